The van der Waals surface area contributed by atoms with Crippen LogP contribution in [0.25, 0.3) is 0 Å². The van der Waals surface area contributed by atoms with E-state index in [-0.39, 0.29) is 24.6 Å². The number of nitrogen functional groups attached to an aromatic ring is 1. The number of ether oxygens (including phenoxy) is 1. The molecule has 8 nitrogen and oxygen atoms in total. The predicted octanol–water partition coefficient (Wildman–Crippen LogP) is -0.134. The average molecular weight is 355 g/mol. The van der Waals surface area contributed by atoms with Crippen molar-refractivity contribution in [1.82, 2.24) is 14.5 Å². The predicted molar refractivity (Wildman–Crippen MR) is 84.7 cm³/mol. The molecular formula is C15H19F2N5O3. The van der Waals surface area contributed by atoms with E-state index >= 15 is 0 Å². The molecule has 0 saturated carbocycles. The highest BCUT2D eigenvalue weighted by Crippen LogP contribution is 2.42. The van der Waals surface area contributed by atoms with Crippen LogP contribution in [0.2, 0.25) is 0 Å². The molecule has 1 aromatic heterocycles. The molecule has 3 heterocycles. The Morgan fingerprint density at radius 1 is 1.44 bits per heavy atom. The first-order valence-electron chi connectivity index (χ1n) is 7.84. The van der Waals surface area contributed by atoms with Gasteiger partial charge in [0.15, 0.2) is 5.78 Å². The van der Waals surface area contributed by atoms with Gasteiger partial charge >= 0.3 is 5.69 Å². The quantitative estimate of drug-likeness (QED) is 0.725. The van der Waals surface area contributed by atoms with Crippen molar-refractivity contribution in [2.75, 3.05) is 25.4 Å². The van der Waals surface area contributed by atoms with Gasteiger partial charge in [-0.1, -0.05) is 0 Å². The van der Waals surface area contributed by atoms with Gasteiger partial charge in [-0.15, -0.1) is 0 Å². The molecule has 4 N–H and O–H groups in total. The molecule has 25 heavy (non-hydrogen) atoms. The van der Waals surface area contributed by atoms with Crippen molar-refractivity contribution in [1.29, 1.82) is 0 Å². The van der Waals surface area contributed by atoms with Crippen LogP contribution in [0.1, 0.15) is 19.1 Å². The molecule has 136 valence electrons. The smallest absolute Gasteiger partial charge is 0.351 e. The van der Waals surface area contributed by atoms with Gasteiger partial charge in [-0.2, -0.15) is 4.98 Å². The molecule has 2 aliphatic rings. The van der Waals surface area contributed by atoms with Gasteiger partial charge in [0.05, 0.1) is 6.10 Å². The third kappa shape index (κ3) is 3.54. The standard InChI is InChI=1S/C15H19F2N5O3/c16-15(17)5-10(8-21-3-1-11(23)9(6-18)7-21)25-13(15)22-4-2-12(19)20-14(22)24/h2,4,6,10,13H,1,3,5,7-8,18H2,(H2,19,20,24)/t10?,13-/m1/s1. The van der Waals surface area contributed by atoms with Crippen molar-refractivity contribution in [3.05, 3.63) is 34.5 Å². The van der Waals surface area contributed by atoms with Crippen LogP contribution in [0.3, 0.4) is 0 Å². The maximum Gasteiger partial charge on any atom is 0.351 e. The molecule has 0 bridgehead atoms. The number of piperidine rings is 1. The van der Waals surface area contributed by atoms with Crippen LogP contribution in [0, 0.1) is 0 Å². The van der Waals surface area contributed by atoms with Crippen LogP contribution in [0.15, 0.2) is 28.8 Å². The highest BCUT2D eigenvalue weighted by molar-refractivity contribution is 5.96. The number of rotatable bonds is 3. The highest BCUT2D eigenvalue weighted by Gasteiger charge is 2.52. The molecule has 0 aromatic carbocycles. The number of nitrogens with two attached hydrogens (primary N) is 2. The summed E-state index contributed by atoms with van der Waals surface area (Å²) in [5, 5.41) is 0. The third-order valence-corrected chi connectivity index (χ3v) is 4.36. The highest BCUT2D eigenvalue weighted by atomic mass is 19.3. The number of alkyl halides is 2. The minimum Gasteiger partial charge on any atom is -0.404 e. The molecule has 2 atom stereocenters. The van der Waals surface area contributed by atoms with E-state index in [1.165, 1.54) is 12.3 Å². The van der Waals surface area contributed by atoms with Crippen LogP contribution in [0.4, 0.5) is 14.6 Å². The minimum atomic E-state index is -3.22. The molecule has 2 saturated heterocycles. The third-order valence-electron chi connectivity index (χ3n) is 4.36. The number of carbonyl (C=O) groups excluding carboxylic acids is 1. The van der Waals surface area contributed by atoms with E-state index < -0.39 is 30.4 Å². The van der Waals surface area contributed by atoms with E-state index in [2.05, 4.69) is 4.98 Å². The number of nitrogens with zero attached hydrogens (tertiary/aromatic N) is 3. The lowest BCUT2D eigenvalue weighted by atomic mass is 10.0. The maximum absolute atomic E-state index is 14.3. The van der Waals surface area contributed by atoms with Crippen LogP contribution < -0.4 is 17.2 Å². The minimum absolute atomic E-state index is 0.0335. The second-order valence-corrected chi connectivity index (χ2v) is 6.22. The molecule has 10 heteroatoms. The average Bonchev–Trinajstić information content (AvgIpc) is 2.83. The van der Waals surface area contributed by atoms with Crippen molar-refractivity contribution in [2.45, 2.75) is 31.1 Å². The van der Waals surface area contributed by atoms with Crippen LogP contribution in [-0.4, -0.2) is 51.9 Å². The second kappa shape index (κ2) is 6.52. The van der Waals surface area contributed by atoms with Gasteiger partial charge in [0.25, 0.3) is 5.92 Å². The summed E-state index contributed by atoms with van der Waals surface area (Å²) in [6, 6.07) is 1.27. The van der Waals surface area contributed by atoms with Gasteiger partial charge in [0, 0.05) is 50.4 Å². The monoisotopic (exact) mass is 355 g/mol. The number of Topliss-reactive ketones (excluding diaryl/α,β-unsaturated/α-hetero) is 1. The first-order chi connectivity index (χ1) is 11.8. The van der Waals surface area contributed by atoms with E-state index in [0.717, 1.165) is 10.8 Å². The van der Waals surface area contributed by atoms with Gasteiger partial charge < -0.3 is 16.2 Å². The Morgan fingerprint density at radius 3 is 2.88 bits per heavy atom. The summed E-state index contributed by atoms with van der Waals surface area (Å²) >= 11 is 0. The summed E-state index contributed by atoms with van der Waals surface area (Å²) in [6.07, 6.45) is -0.343. The Labute approximate surface area is 142 Å². The largest absolute Gasteiger partial charge is 0.404 e. The van der Waals surface area contributed by atoms with Gasteiger partial charge in [-0.25, -0.2) is 13.6 Å². The molecule has 1 unspecified atom stereocenters. The van der Waals surface area contributed by atoms with Crippen molar-refractivity contribution >= 4 is 11.6 Å². The number of hydrogen-bond donors (Lipinski definition) is 2. The first-order valence-corrected chi connectivity index (χ1v) is 7.84. The Kier molecular flexibility index (Phi) is 4.56. The Bertz CT molecular complexity index is 764. The lowest BCUT2D eigenvalue weighted by Gasteiger charge is -2.29. The van der Waals surface area contributed by atoms with Gasteiger partial charge in [-0.3, -0.25) is 14.3 Å². The number of likely N-dealkylation sites (tertiary alicyclic amines) is 1. The number of carbonyl (C=O) groups is 1. The van der Waals surface area contributed by atoms with Crippen molar-refractivity contribution < 1.29 is 18.3 Å². The number of ketones is 1. The second-order valence-electron chi connectivity index (χ2n) is 6.22. The van der Waals surface area contributed by atoms with E-state index in [1.807, 2.05) is 4.90 Å². The van der Waals surface area contributed by atoms with Gasteiger partial charge in [0.1, 0.15) is 5.82 Å². The molecular weight excluding hydrogens is 336 g/mol. The number of anilines is 1. The molecule has 1 aromatic rings. The maximum atomic E-state index is 14.3. The summed E-state index contributed by atoms with van der Waals surface area (Å²) < 4.78 is 34.9. The lowest BCUT2D eigenvalue weighted by Crippen LogP contribution is -2.40. The molecule has 0 aliphatic carbocycles. The fourth-order valence-corrected chi connectivity index (χ4v) is 3.13. The summed E-state index contributed by atoms with van der Waals surface area (Å²) in [5.41, 5.74) is 10.4. The number of hydrogen-bond acceptors (Lipinski definition) is 7. The topological polar surface area (TPSA) is 116 Å². The molecule has 3 rings (SSSR count). The normalized spacial score (nSPS) is 28.6. The van der Waals surface area contributed by atoms with Crippen LogP contribution in [0.5, 0.6) is 0 Å². The Hall–Kier alpha value is -2.33. The number of aromatic nitrogens is 2. The zero-order valence-corrected chi connectivity index (χ0v) is 13.4. The van der Waals surface area contributed by atoms with E-state index in [4.69, 9.17) is 16.2 Å². The summed E-state index contributed by atoms with van der Waals surface area (Å²) in [4.78, 5) is 28.7. The Morgan fingerprint density at radius 2 is 2.20 bits per heavy atom. The SMILES string of the molecule is NC=C1CN(CC2CC(F)(F)[C@H](n3ccc(N)nc3=O)O2)CCC1=O. The summed E-state index contributed by atoms with van der Waals surface area (Å²) in [6.45, 7) is 0.971. The first kappa shape index (κ1) is 17.5. The lowest BCUT2D eigenvalue weighted by molar-refractivity contribution is -0.120. The molecule has 2 aliphatic heterocycles. The van der Waals surface area contributed by atoms with E-state index in [1.54, 1.807) is 0 Å². The zero-order valence-electron chi connectivity index (χ0n) is 13.4. The number of halogens is 2. The van der Waals surface area contributed by atoms with Crippen LogP contribution in [-0.2, 0) is 9.53 Å². The summed E-state index contributed by atoms with van der Waals surface area (Å²) in [5.74, 6) is -3.29. The molecule has 2 fully saturated rings. The summed E-state index contributed by atoms with van der Waals surface area (Å²) in [7, 11) is 0. The zero-order chi connectivity index (χ0) is 18.2. The van der Waals surface area contributed by atoms with Gasteiger partial charge in [0.2, 0.25) is 6.23 Å². The van der Waals surface area contributed by atoms with Crippen LogP contribution >= 0.6 is 0 Å². The fourth-order valence-electron chi connectivity index (χ4n) is 3.13. The van der Waals surface area contributed by atoms with Crippen molar-refractivity contribution in [3.63, 3.8) is 0 Å². The molecule has 0 amide bonds. The van der Waals surface area contributed by atoms with E-state index in [0.29, 0.717) is 18.7 Å². The molecule has 0 radical (unpaired) electrons. The molecule has 0 spiro atoms. The Balaban J connectivity index is 1.72. The van der Waals surface area contributed by atoms with Crippen molar-refractivity contribution in [2.24, 2.45) is 5.73 Å². The fraction of sp³-hybridized carbons (Fsp3) is 0.533. The van der Waals surface area contributed by atoms with Crippen molar-refractivity contribution in [3.8, 4) is 0 Å². The van der Waals surface area contributed by atoms with E-state index in [9.17, 15) is 18.4 Å². The van der Waals surface area contributed by atoms with Gasteiger partial charge in [-0.05, 0) is 6.07 Å².